The highest BCUT2D eigenvalue weighted by Crippen LogP contribution is 2.08. The zero-order valence-corrected chi connectivity index (χ0v) is 9.45. The Morgan fingerprint density at radius 3 is 2.86 bits per heavy atom. The first-order valence-electron chi connectivity index (χ1n) is 5.51. The number of aromatic nitrogens is 2. The van der Waals surface area contributed by atoms with Crippen molar-refractivity contribution >= 4 is 5.95 Å². The fourth-order valence-corrected chi connectivity index (χ4v) is 1.42. The highest BCUT2D eigenvalue weighted by Gasteiger charge is 2.02. The lowest BCUT2D eigenvalue weighted by Crippen LogP contribution is -2.14. The van der Waals surface area contributed by atoms with Gasteiger partial charge < -0.3 is 9.88 Å². The second-order valence-corrected chi connectivity index (χ2v) is 3.95. The van der Waals surface area contributed by atoms with E-state index in [1.807, 2.05) is 12.4 Å². The minimum absolute atomic E-state index is 0.447. The van der Waals surface area contributed by atoms with Crippen molar-refractivity contribution in [3.05, 3.63) is 12.4 Å². The molecule has 1 aromatic rings. The summed E-state index contributed by atoms with van der Waals surface area (Å²) in [5.74, 6) is 0.996. The van der Waals surface area contributed by atoms with Gasteiger partial charge in [-0.25, -0.2) is 4.98 Å². The molecule has 0 bridgehead atoms. The zero-order chi connectivity index (χ0) is 10.4. The van der Waals surface area contributed by atoms with Crippen LogP contribution in [-0.4, -0.2) is 15.6 Å². The van der Waals surface area contributed by atoms with Gasteiger partial charge in [-0.2, -0.15) is 0 Å². The van der Waals surface area contributed by atoms with Crippen LogP contribution in [-0.2, 0) is 6.54 Å². The topological polar surface area (TPSA) is 29.9 Å². The molecular formula is C11H21N3. The van der Waals surface area contributed by atoms with Crippen LogP contribution in [0.15, 0.2) is 12.4 Å². The van der Waals surface area contributed by atoms with Crippen LogP contribution in [0.1, 0.15) is 40.0 Å². The molecule has 0 unspecified atom stereocenters. The number of anilines is 1. The van der Waals surface area contributed by atoms with Crippen LogP contribution in [0.25, 0.3) is 0 Å². The molecule has 0 radical (unpaired) electrons. The van der Waals surface area contributed by atoms with Crippen molar-refractivity contribution in [1.29, 1.82) is 0 Å². The average Bonchev–Trinajstić information content (AvgIpc) is 2.52. The maximum atomic E-state index is 4.29. The van der Waals surface area contributed by atoms with Crippen molar-refractivity contribution in [3.63, 3.8) is 0 Å². The predicted molar refractivity (Wildman–Crippen MR) is 60.5 cm³/mol. The molecular weight excluding hydrogens is 174 g/mol. The molecule has 0 saturated carbocycles. The standard InChI is InChI=1S/C11H21N3/c1-4-5-6-8-14-9-7-12-11(14)13-10(2)3/h7,9-10H,4-6,8H2,1-3H3,(H,12,13). The normalized spacial score (nSPS) is 10.9. The summed E-state index contributed by atoms with van der Waals surface area (Å²) in [7, 11) is 0. The van der Waals surface area contributed by atoms with Gasteiger partial charge in [-0.15, -0.1) is 0 Å². The maximum absolute atomic E-state index is 4.29. The van der Waals surface area contributed by atoms with Gasteiger partial charge in [-0.05, 0) is 20.3 Å². The van der Waals surface area contributed by atoms with Crippen molar-refractivity contribution in [2.75, 3.05) is 5.32 Å². The molecule has 0 fully saturated rings. The third-order valence-electron chi connectivity index (χ3n) is 2.14. The van der Waals surface area contributed by atoms with Gasteiger partial charge in [-0.3, -0.25) is 0 Å². The number of hydrogen-bond donors (Lipinski definition) is 1. The Bertz CT molecular complexity index is 253. The fraction of sp³-hybridized carbons (Fsp3) is 0.727. The minimum Gasteiger partial charge on any atom is -0.353 e. The number of unbranched alkanes of at least 4 members (excludes halogenated alkanes) is 2. The van der Waals surface area contributed by atoms with E-state index in [0.717, 1.165) is 12.5 Å². The van der Waals surface area contributed by atoms with Gasteiger partial charge in [0.25, 0.3) is 0 Å². The van der Waals surface area contributed by atoms with Crippen molar-refractivity contribution in [3.8, 4) is 0 Å². The van der Waals surface area contributed by atoms with Crippen LogP contribution in [0.4, 0.5) is 5.95 Å². The Balaban J connectivity index is 2.45. The molecule has 0 aliphatic carbocycles. The fourth-order valence-electron chi connectivity index (χ4n) is 1.42. The summed E-state index contributed by atoms with van der Waals surface area (Å²) in [6, 6.07) is 0.447. The molecule has 80 valence electrons. The van der Waals surface area contributed by atoms with Gasteiger partial charge in [-0.1, -0.05) is 19.8 Å². The van der Waals surface area contributed by atoms with Crippen molar-refractivity contribution in [2.45, 2.75) is 52.6 Å². The molecule has 3 heteroatoms. The van der Waals surface area contributed by atoms with Crippen LogP contribution in [0.3, 0.4) is 0 Å². The van der Waals surface area contributed by atoms with Gasteiger partial charge in [0.05, 0.1) is 0 Å². The van der Waals surface area contributed by atoms with Crippen LogP contribution < -0.4 is 5.32 Å². The Hall–Kier alpha value is -0.990. The number of nitrogens with one attached hydrogen (secondary N) is 1. The molecule has 3 nitrogen and oxygen atoms in total. The summed E-state index contributed by atoms with van der Waals surface area (Å²) in [6.07, 6.45) is 7.69. The third-order valence-corrected chi connectivity index (χ3v) is 2.14. The van der Waals surface area contributed by atoms with Crippen molar-refractivity contribution in [1.82, 2.24) is 9.55 Å². The maximum Gasteiger partial charge on any atom is 0.202 e. The molecule has 1 heterocycles. The molecule has 0 amide bonds. The van der Waals surface area contributed by atoms with E-state index in [-0.39, 0.29) is 0 Å². The molecule has 0 atom stereocenters. The molecule has 0 aliphatic heterocycles. The highest BCUT2D eigenvalue weighted by atomic mass is 15.2. The summed E-state index contributed by atoms with van der Waals surface area (Å²) < 4.78 is 2.19. The SMILES string of the molecule is CCCCCn1ccnc1NC(C)C. The van der Waals surface area contributed by atoms with Crippen LogP contribution in [0.2, 0.25) is 0 Å². The molecule has 0 saturated heterocycles. The van der Waals surface area contributed by atoms with Gasteiger partial charge in [0.2, 0.25) is 5.95 Å². The molecule has 1 aromatic heterocycles. The van der Waals surface area contributed by atoms with Gasteiger partial charge in [0.1, 0.15) is 0 Å². The summed E-state index contributed by atoms with van der Waals surface area (Å²) in [5, 5.41) is 3.33. The summed E-state index contributed by atoms with van der Waals surface area (Å²) in [6.45, 7) is 7.56. The summed E-state index contributed by atoms with van der Waals surface area (Å²) >= 11 is 0. The predicted octanol–water partition coefficient (Wildman–Crippen LogP) is 2.89. The minimum atomic E-state index is 0.447. The third kappa shape index (κ3) is 3.40. The van der Waals surface area contributed by atoms with E-state index in [4.69, 9.17) is 0 Å². The Morgan fingerprint density at radius 1 is 1.43 bits per heavy atom. The first-order chi connectivity index (χ1) is 6.74. The van der Waals surface area contributed by atoms with Crippen LogP contribution in [0, 0.1) is 0 Å². The molecule has 0 aromatic carbocycles. The molecule has 0 aliphatic rings. The Morgan fingerprint density at radius 2 is 2.21 bits per heavy atom. The number of hydrogen-bond acceptors (Lipinski definition) is 2. The van der Waals surface area contributed by atoms with E-state index in [1.165, 1.54) is 19.3 Å². The second-order valence-electron chi connectivity index (χ2n) is 3.95. The van der Waals surface area contributed by atoms with E-state index in [0.29, 0.717) is 6.04 Å². The van der Waals surface area contributed by atoms with Gasteiger partial charge in [0.15, 0.2) is 0 Å². The van der Waals surface area contributed by atoms with Crippen LogP contribution >= 0.6 is 0 Å². The second kappa shape index (κ2) is 5.68. The monoisotopic (exact) mass is 195 g/mol. The first-order valence-corrected chi connectivity index (χ1v) is 5.51. The van der Waals surface area contributed by atoms with E-state index < -0.39 is 0 Å². The lowest BCUT2D eigenvalue weighted by atomic mass is 10.2. The number of aryl methyl sites for hydroxylation is 1. The average molecular weight is 195 g/mol. The first kappa shape index (κ1) is 11.1. The van der Waals surface area contributed by atoms with E-state index in [1.54, 1.807) is 0 Å². The van der Waals surface area contributed by atoms with E-state index in [2.05, 4.69) is 35.6 Å². The zero-order valence-electron chi connectivity index (χ0n) is 9.45. The molecule has 0 spiro atoms. The van der Waals surface area contributed by atoms with Crippen LogP contribution in [0.5, 0.6) is 0 Å². The smallest absolute Gasteiger partial charge is 0.202 e. The Labute approximate surface area is 86.5 Å². The molecule has 1 N–H and O–H groups in total. The number of nitrogens with zero attached hydrogens (tertiary/aromatic N) is 2. The quantitative estimate of drug-likeness (QED) is 0.707. The number of rotatable bonds is 6. The highest BCUT2D eigenvalue weighted by molar-refractivity contribution is 5.26. The van der Waals surface area contributed by atoms with Crippen molar-refractivity contribution < 1.29 is 0 Å². The van der Waals surface area contributed by atoms with E-state index >= 15 is 0 Å². The molecule has 14 heavy (non-hydrogen) atoms. The van der Waals surface area contributed by atoms with E-state index in [9.17, 15) is 0 Å². The molecule has 1 rings (SSSR count). The van der Waals surface area contributed by atoms with Gasteiger partial charge >= 0.3 is 0 Å². The lowest BCUT2D eigenvalue weighted by Gasteiger charge is -2.11. The number of imidazole rings is 1. The Kier molecular flexibility index (Phi) is 4.50. The van der Waals surface area contributed by atoms with Gasteiger partial charge in [0, 0.05) is 25.0 Å². The summed E-state index contributed by atoms with van der Waals surface area (Å²) in [5.41, 5.74) is 0. The lowest BCUT2D eigenvalue weighted by molar-refractivity contribution is 0.603. The summed E-state index contributed by atoms with van der Waals surface area (Å²) in [4.78, 5) is 4.29. The largest absolute Gasteiger partial charge is 0.353 e. The van der Waals surface area contributed by atoms with Crippen molar-refractivity contribution in [2.24, 2.45) is 0 Å².